The Balaban J connectivity index is 1.92. The van der Waals surface area contributed by atoms with Crippen molar-refractivity contribution in [3.8, 4) is 5.75 Å². The minimum Gasteiger partial charge on any atom is -0.496 e. The first-order valence-electron chi connectivity index (χ1n) is 6.35. The van der Waals surface area contributed by atoms with Gasteiger partial charge in [0.05, 0.1) is 11.6 Å². The minimum absolute atomic E-state index is 0.281. The third-order valence-electron chi connectivity index (χ3n) is 3.46. The summed E-state index contributed by atoms with van der Waals surface area (Å²) >= 11 is 3.48. The molecule has 0 aliphatic carbocycles. The molecule has 1 aliphatic heterocycles. The van der Waals surface area contributed by atoms with E-state index >= 15 is 0 Å². The molecule has 1 N–H and O–H groups in total. The maximum atomic E-state index is 10.7. The van der Waals surface area contributed by atoms with Crippen LogP contribution in [-0.4, -0.2) is 36.2 Å². The van der Waals surface area contributed by atoms with Crippen LogP contribution in [0.3, 0.4) is 0 Å². The van der Waals surface area contributed by atoms with E-state index in [0.29, 0.717) is 5.92 Å². The average Bonchev–Trinajstić information content (AvgIpc) is 2.76. The maximum absolute atomic E-state index is 10.7. The Hall–Kier alpha value is -1.07. The normalized spacial score (nSPS) is 19.6. The third kappa shape index (κ3) is 3.94. The van der Waals surface area contributed by atoms with Gasteiger partial charge in [0.1, 0.15) is 5.75 Å². The SMILES string of the molecule is COc1ccc(CN2CCC(CC(=O)O)C2)cc1Br. The molecule has 0 bridgehead atoms. The van der Waals surface area contributed by atoms with Crippen LogP contribution in [0.1, 0.15) is 18.4 Å². The number of aliphatic carboxylic acids is 1. The molecule has 1 saturated heterocycles. The van der Waals surface area contributed by atoms with Crippen molar-refractivity contribution in [1.82, 2.24) is 4.90 Å². The van der Waals surface area contributed by atoms with E-state index in [1.807, 2.05) is 12.1 Å². The van der Waals surface area contributed by atoms with E-state index in [-0.39, 0.29) is 6.42 Å². The van der Waals surface area contributed by atoms with E-state index < -0.39 is 5.97 Å². The van der Waals surface area contributed by atoms with E-state index in [4.69, 9.17) is 9.84 Å². The lowest BCUT2D eigenvalue weighted by Crippen LogP contribution is -2.20. The molecular formula is C14H18BrNO3. The summed E-state index contributed by atoms with van der Waals surface area (Å²) in [5.41, 5.74) is 1.21. The molecule has 1 aromatic rings. The number of carboxylic acid groups (broad SMARTS) is 1. The lowest BCUT2D eigenvalue weighted by Gasteiger charge is -2.16. The number of methoxy groups -OCH3 is 1. The van der Waals surface area contributed by atoms with Crippen molar-refractivity contribution in [3.63, 3.8) is 0 Å². The molecule has 5 heteroatoms. The second-order valence-electron chi connectivity index (χ2n) is 4.96. The summed E-state index contributed by atoms with van der Waals surface area (Å²) < 4.78 is 6.16. The molecule has 1 atom stereocenters. The standard InChI is InChI=1S/C14H18BrNO3/c1-19-13-3-2-10(6-12(13)15)8-16-5-4-11(9-16)7-14(17)18/h2-3,6,11H,4-5,7-9H2,1H3,(H,17,18). The highest BCUT2D eigenvalue weighted by Gasteiger charge is 2.24. The number of hydrogen-bond acceptors (Lipinski definition) is 3. The van der Waals surface area contributed by atoms with Crippen LogP contribution in [0.25, 0.3) is 0 Å². The van der Waals surface area contributed by atoms with E-state index in [2.05, 4.69) is 26.9 Å². The van der Waals surface area contributed by atoms with Gasteiger partial charge in [0, 0.05) is 19.5 Å². The number of carboxylic acids is 1. The number of nitrogens with zero attached hydrogens (tertiary/aromatic N) is 1. The predicted octanol–water partition coefficient (Wildman–Crippen LogP) is 2.75. The summed E-state index contributed by atoms with van der Waals surface area (Å²) in [6.07, 6.45) is 1.26. The lowest BCUT2D eigenvalue weighted by molar-refractivity contribution is -0.138. The van der Waals surface area contributed by atoms with E-state index in [1.54, 1.807) is 7.11 Å². The molecule has 0 amide bonds. The monoisotopic (exact) mass is 327 g/mol. The Kier molecular flexibility index (Phi) is 4.82. The number of ether oxygens (including phenoxy) is 1. The molecule has 1 unspecified atom stereocenters. The molecule has 4 nitrogen and oxygen atoms in total. The number of rotatable bonds is 5. The molecule has 104 valence electrons. The summed E-state index contributed by atoms with van der Waals surface area (Å²) in [5.74, 6) is 0.423. The average molecular weight is 328 g/mol. The van der Waals surface area contributed by atoms with Crippen LogP contribution >= 0.6 is 15.9 Å². The molecular weight excluding hydrogens is 310 g/mol. The fourth-order valence-corrected chi connectivity index (χ4v) is 3.12. The first-order chi connectivity index (χ1) is 9.08. The zero-order valence-corrected chi connectivity index (χ0v) is 12.5. The van der Waals surface area contributed by atoms with Crippen LogP contribution in [0.5, 0.6) is 5.75 Å². The zero-order valence-electron chi connectivity index (χ0n) is 10.9. The van der Waals surface area contributed by atoms with Crippen LogP contribution < -0.4 is 4.74 Å². The van der Waals surface area contributed by atoms with Crippen LogP contribution in [0, 0.1) is 5.92 Å². The highest BCUT2D eigenvalue weighted by molar-refractivity contribution is 9.10. The molecule has 1 aromatic carbocycles. The summed E-state index contributed by atoms with van der Waals surface area (Å²) in [5, 5.41) is 8.81. The summed E-state index contributed by atoms with van der Waals surface area (Å²) in [4.78, 5) is 13.0. The Labute approximate surface area is 121 Å². The van der Waals surface area contributed by atoms with Gasteiger partial charge in [0.25, 0.3) is 0 Å². The second-order valence-corrected chi connectivity index (χ2v) is 5.81. The topological polar surface area (TPSA) is 49.8 Å². The summed E-state index contributed by atoms with van der Waals surface area (Å²) in [6, 6.07) is 6.06. The van der Waals surface area contributed by atoms with Gasteiger partial charge in [0.15, 0.2) is 0 Å². The number of halogens is 1. The third-order valence-corrected chi connectivity index (χ3v) is 4.08. The summed E-state index contributed by atoms with van der Waals surface area (Å²) in [7, 11) is 1.65. The van der Waals surface area contributed by atoms with Crippen molar-refractivity contribution >= 4 is 21.9 Å². The maximum Gasteiger partial charge on any atom is 0.303 e. The van der Waals surface area contributed by atoms with Crippen LogP contribution in [0.2, 0.25) is 0 Å². The van der Waals surface area contributed by atoms with Crippen molar-refractivity contribution in [3.05, 3.63) is 28.2 Å². The van der Waals surface area contributed by atoms with Gasteiger partial charge in [-0.3, -0.25) is 9.69 Å². The zero-order chi connectivity index (χ0) is 13.8. The first-order valence-corrected chi connectivity index (χ1v) is 7.14. The molecule has 1 fully saturated rings. The van der Waals surface area contributed by atoms with Gasteiger partial charge in [-0.1, -0.05) is 6.07 Å². The predicted molar refractivity (Wildman–Crippen MR) is 76.3 cm³/mol. The van der Waals surface area contributed by atoms with Gasteiger partial charge in [-0.2, -0.15) is 0 Å². The van der Waals surface area contributed by atoms with Crippen molar-refractivity contribution in [2.75, 3.05) is 20.2 Å². The van der Waals surface area contributed by atoms with Crippen LogP contribution in [0.4, 0.5) is 0 Å². The summed E-state index contributed by atoms with van der Waals surface area (Å²) in [6.45, 7) is 2.70. The Morgan fingerprint density at radius 2 is 2.37 bits per heavy atom. The number of benzene rings is 1. The molecule has 2 rings (SSSR count). The quantitative estimate of drug-likeness (QED) is 0.903. The van der Waals surface area contributed by atoms with Crippen molar-refractivity contribution < 1.29 is 14.6 Å². The molecule has 19 heavy (non-hydrogen) atoms. The van der Waals surface area contributed by atoms with Crippen LogP contribution in [-0.2, 0) is 11.3 Å². The van der Waals surface area contributed by atoms with Crippen molar-refractivity contribution in [1.29, 1.82) is 0 Å². The fraction of sp³-hybridized carbons (Fsp3) is 0.500. The Bertz CT molecular complexity index is 464. The molecule has 1 heterocycles. The molecule has 0 aromatic heterocycles. The highest BCUT2D eigenvalue weighted by atomic mass is 79.9. The fourth-order valence-electron chi connectivity index (χ4n) is 2.54. The van der Waals surface area contributed by atoms with E-state index in [1.165, 1.54) is 5.56 Å². The van der Waals surface area contributed by atoms with Crippen molar-refractivity contribution in [2.24, 2.45) is 5.92 Å². The smallest absolute Gasteiger partial charge is 0.303 e. The molecule has 0 radical (unpaired) electrons. The van der Waals surface area contributed by atoms with Gasteiger partial charge < -0.3 is 9.84 Å². The van der Waals surface area contributed by atoms with Gasteiger partial charge in [-0.05, 0) is 52.5 Å². The number of carbonyl (C=O) groups is 1. The molecule has 0 saturated carbocycles. The largest absolute Gasteiger partial charge is 0.496 e. The van der Waals surface area contributed by atoms with E-state index in [9.17, 15) is 4.79 Å². The van der Waals surface area contributed by atoms with E-state index in [0.717, 1.165) is 36.3 Å². The highest BCUT2D eigenvalue weighted by Crippen LogP contribution is 2.27. The van der Waals surface area contributed by atoms with Crippen LogP contribution in [0.15, 0.2) is 22.7 Å². The number of hydrogen-bond donors (Lipinski definition) is 1. The Morgan fingerprint density at radius 1 is 1.58 bits per heavy atom. The first kappa shape index (κ1) is 14.3. The Morgan fingerprint density at radius 3 is 3.00 bits per heavy atom. The molecule has 0 spiro atoms. The van der Waals surface area contributed by atoms with Gasteiger partial charge in [-0.25, -0.2) is 0 Å². The van der Waals surface area contributed by atoms with Crippen molar-refractivity contribution in [2.45, 2.75) is 19.4 Å². The number of likely N-dealkylation sites (tertiary alicyclic amines) is 1. The van der Waals surface area contributed by atoms with Gasteiger partial charge in [0.2, 0.25) is 0 Å². The lowest BCUT2D eigenvalue weighted by atomic mass is 10.1. The minimum atomic E-state index is -0.695. The second kappa shape index (κ2) is 6.39. The molecule has 1 aliphatic rings. The van der Waals surface area contributed by atoms with Gasteiger partial charge >= 0.3 is 5.97 Å². The van der Waals surface area contributed by atoms with Gasteiger partial charge in [-0.15, -0.1) is 0 Å².